The van der Waals surface area contributed by atoms with E-state index in [2.05, 4.69) is 11.4 Å². The molecule has 0 aliphatic carbocycles. The molecule has 19 heavy (non-hydrogen) atoms. The van der Waals surface area contributed by atoms with Crippen molar-refractivity contribution >= 4 is 23.4 Å². The SMILES string of the molecule is CC(N)CCSCC(=O)Nc1ccc(CC#N)cc1. The molecule has 1 rings (SSSR count). The van der Waals surface area contributed by atoms with Gasteiger partial charge in [-0.3, -0.25) is 4.79 Å². The van der Waals surface area contributed by atoms with E-state index >= 15 is 0 Å². The zero-order chi connectivity index (χ0) is 14.1. The van der Waals surface area contributed by atoms with Crippen LogP contribution in [0, 0.1) is 11.3 Å². The number of thioether (sulfide) groups is 1. The molecule has 1 atom stereocenters. The number of nitrogens with one attached hydrogen (secondary N) is 1. The van der Waals surface area contributed by atoms with Gasteiger partial charge in [-0.05, 0) is 36.8 Å². The van der Waals surface area contributed by atoms with Crippen LogP contribution in [0.3, 0.4) is 0 Å². The number of carbonyl (C=O) groups is 1. The Labute approximate surface area is 118 Å². The molecule has 1 aromatic carbocycles. The van der Waals surface area contributed by atoms with E-state index in [0.29, 0.717) is 12.2 Å². The Bertz CT molecular complexity index is 437. The molecule has 4 nitrogen and oxygen atoms in total. The highest BCUT2D eigenvalue weighted by atomic mass is 32.2. The third kappa shape index (κ3) is 6.85. The van der Waals surface area contributed by atoms with E-state index in [-0.39, 0.29) is 11.9 Å². The van der Waals surface area contributed by atoms with Gasteiger partial charge < -0.3 is 11.1 Å². The Balaban J connectivity index is 2.30. The monoisotopic (exact) mass is 277 g/mol. The number of rotatable bonds is 7. The number of amides is 1. The Kier molecular flexibility index (Phi) is 7.01. The van der Waals surface area contributed by atoms with Crippen LogP contribution < -0.4 is 11.1 Å². The lowest BCUT2D eigenvalue weighted by Crippen LogP contribution is -2.17. The molecule has 0 saturated heterocycles. The lowest BCUT2D eigenvalue weighted by atomic mass is 10.1. The number of hydrogen-bond donors (Lipinski definition) is 2. The normalized spacial score (nSPS) is 11.6. The highest BCUT2D eigenvalue weighted by Gasteiger charge is 2.03. The molecule has 1 amide bonds. The summed E-state index contributed by atoms with van der Waals surface area (Å²) in [5, 5.41) is 11.4. The second-order valence-electron chi connectivity index (χ2n) is 4.40. The first-order chi connectivity index (χ1) is 9.11. The summed E-state index contributed by atoms with van der Waals surface area (Å²) in [7, 11) is 0. The number of carbonyl (C=O) groups excluding carboxylic acids is 1. The summed E-state index contributed by atoms with van der Waals surface area (Å²) in [5.41, 5.74) is 7.35. The lowest BCUT2D eigenvalue weighted by molar-refractivity contribution is -0.113. The summed E-state index contributed by atoms with van der Waals surface area (Å²) in [6.07, 6.45) is 1.31. The first-order valence-electron chi connectivity index (χ1n) is 6.21. The summed E-state index contributed by atoms with van der Waals surface area (Å²) < 4.78 is 0. The molecule has 0 aromatic heterocycles. The Morgan fingerprint density at radius 2 is 2.16 bits per heavy atom. The minimum Gasteiger partial charge on any atom is -0.328 e. The molecular formula is C14H19N3OS. The van der Waals surface area contributed by atoms with E-state index in [9.17, 15) is 4.79 Å². The van der Waals surface area contributed by atoms with Crippen LogP contribution >= 0.6 is 11.8 Å². The molecule has 0 spiro atoms. The third-order valence-electron chi connectivity index (χ3n) is 2.47. The lowest BCUT2D eigenvalue weighted by Gasteiger charge is -2.06. The minimum absolute atomic E-state index is 0.0114. The zero-order valence-electron chi connectivity index (χ0n) is 11.1. The van der Waals surface area contributed by atoms with E-state index in [0.717, 1.165) is 23.4 Å². The summed E-state index contributed by atoms with van der Waals surface area (Å²) in [6.45, 7) is 1.96. The molecule has 102 valence electrons. The van der Waals surface area contributed by atoms with Crippen molar-refractivity contribution in [2.45, 2.75) is 25.8 Å². The zero-order valence-corrected chi connectivity index (χ0v) is 11.9. The Morgan fingerprint density at radius 1 is 1.47 bits per heavy atom. The van der Waals surface area contributed by atoms with E-state index < -0.39 is 0 Å². The fraction of sp³-hybridized carbons (Fsp3) is 0.429. The van der Waals surface area contributed by atoms with Crippen molar-refractivity contribution in [3.8, 4) is 6.07 Å². The molecule has 0 aliphatic rings. The highest BCUT2D eigenvalue weighted by Crippen LogP contribution is 2.11. The van der Waals surface area contributed by atoms with Gasteiger partial charge in [-0.1, -0.05) is 12.1 Å². The van der Waals surface area contributed by atoms with Crippen LogP contribution in [0.4, 0.5) is 5.69 Å². The van der Waals surface area contributed by atoms with E-state index in [4.69, 9.17) is 11.0 Å². The van der Waals surface area contributed by atoms with Crippen LogP contribution in [0.15, 0.2) is 24.3 Å². The van der Waals surface area contributed by atoms with Crippen molar-refractivity contribution in [2.24, 2.45) is 5.73 Å². The summed E-state index contributed by atoms with van der Waals surface area (Å²) in [4.78, 5) is 11.7. The summed E-state index contributed by atoms with van der Waals surface area (Å²) in [5.74, 6) is 1.32. The standard InChI is InChI=1S/C14H19N3OS/c1-11(16)7-9-19-10-14(18)17-13-4-2-12(3-5-13)6-8-15/h2-5,11H,6-7,9-10,16H2,1H3,(H,17,18). The average molecular weight is 277 g/mol. The van der Waals surface area contributed by atoms with Crippen molar-refractivity contribution < 1.29 is 4.79 Å². The van der Waals surface area contributed by atoms with Crippen molar-refractivity contribution in [1.29, 1.82) is 5.26 Å². The van der Waals surface area contributed by atoms with Crippen LogP contribution in [-0.2, 0) is 11.2 Å². The first kappa shape index (κ1) is 15.5. The molecule has 5 heteroatoms. The highest BCUT2D eigenvalue weighted by molar-refractivity contribution is 7.99. The molecule has 0 saturated carbocycles. The maximum absolute atomic E-state index is 11.7. The van der Waals surface area contributed by atoms with Gasteiger partial charge >= 0.3 is 0 Å². The van der Waals surface area contributed by atoms with Gasteiger partial charge in [0.2, 0.25) is 5.91 Å². The van der Waals surface area contributed by atoms with Crippen LogP contribution in [-0.4, -0.2) is 23.5 Å². The first-order valence-corrected chi connectivity index (χ1v) is 7.36. The maximum Gasteiger partial charge on any atom is 0.234 e. The second-order valence-corrected chi connectivity index (χ2v) is 5.50. The van der Waals surface area contributed by atoms with Crippen molar-refractivity contribution in [1.82, 2.24) is 0 Å². The van der Waals surface area contributed by atoms with Crippen LogP contribution in [0.1, 0.15) is 18.9 Å². The molecule has 0 heterocycles. The summed E-state index contributed by atoms with van der Waals surface area (Å²) in [6, 6.07) is 9.60. The smallest absolute Gasteiger partial charge is 0.234 e. The van der Waals surface area contributed by atoms with E-state index in [1.807, 2.05) is 31.2 Å². The second kappa shape index (κ2) is 8.57. The van der Waals surface area contributed by atoms with Crippen molar-refractivity contribution in [2.75, 3.05) is 16.8 Å². The molecule has 1 unspecified atom stereocenters. The maximum atomic E-state index is 11.7. The van der Waals surface area contributed by atoms with E-state index in [1.165, 1.54) is 0 Å². The van der Waals surface area contributed by atoms with Crippen molar-refractivity contribution in [3.63, 3.8) is 0 Å². The third-order valence-corrected chi connectivity index (χ3v) is 3.46. The topological polar surface area (TPSA) is 78.9 Å². The van der Waals surface area contributed by atoms with Gasteiger partial charge in [0.25, 0.3) is 0 Å². The minimum atomic E-state index is -0.0114. The fourth-order valence-electron chi connectivity index (χ4n) is 1.43. The fourth-order valence-corrected chi connectivity index (χ4v) is 2.37. The van der Waals surface area contributed by atoms with E-state index in [1.54, 1.807) is 11.8 Å². The molecule has 0 bridgehead atoms. The largest absolute Gasteiger partial charge is 0.328 e. The number of hydrogen-bond acceptors (Lipinski definition) is 4. The van der Waals surface area contributed by atoms with Gasteiger partial charge in [-0.25, -0.2) is 0 Å². The van der Waals surface area contributed by atoms with Crippen molar-refractivity contribution in [3.05, 3.63) is 29.8 Å². The van der Waals surface area contributed by atoms with Crippen LogP contribution in [0.2, 0.25) is 0 Å². The molecule has 0 aliphatic heterocycles. The number of nitriles is 1. The predicted molar refractivity (Wildman–Crippen MR) is 80.0 cm³/mol. The van der Waals surface area contributed by atoms with Gasteiger partial charge in [0, 0.05) is 11.7 Å². The number of nitrogens with zero attached hydrogens (tertiary/aromatic N) is 1. The molecular weight excluding hydrogens is 258 g/mol. The van der Waals surface area contributed by atoms with Gasteiger partial charge in [-0.2, -0.15) is 17.0 Å². The van der Waals surface area contributed by atoms with Gasteiger partial charge in [-0.15, -0.1) is 0 Å². The van der Waals surface area contributed by atoms with Gasteiger partial charge in [0.05, 0.1) is 18.2 Å². The average Bonchev–Trinajstić information content (AvgIpc) is 2.37. The molecule has 0 fully saturated rings. The Morgan fingerprint density at radius 3 is 2.74 bits per heavy atom. The van der Waals surface area contributed by atoms with Crippen LogP contribution in [0.25, 0.3) is 0 Å². The van der Waals surface area contributed by atoms with Gasteiger partial charge in [0.15, 0.2) is 0 Å². The number of nitrogens with two attached hydrogens (primary N) is 1. The molecule has 3 N–H and O–H groups in total. The van der Waals surface area contributed by atoms with Gasteiger partial charge in [0.1, 0.15) is 0 Å². The summed E-state index contributed by atoms with van der Waals surface area (Å²) >= 11 is 1.59. The number of anilines is 1. The predicted octanol–water partition coefficient (Wildman–Crippen LogP) is 2.16. The Hall–Kier alpha value is -1.51. The van der Waals surface area contributed by atoms with Crippen LogP contribution in [0.5, 0.6) is 0 Å². The number of benzene rings is 1. The molecule has 0 radical (unpaired) electrons. The molecule has 1 aromatic rings. The quantitative estimate of drug-likeness (QED) is 0.749.